The van der Waals surface area contributed by atoms with Gasteiger partial charge in [-0.3, -0.25) is 0 Å². The molecule has 14 heavy (non-hydrogen) atoms. The highest BCUT2D eigenvalue weighted by Crippen LogP contribution is 2.21. The zero-order valence-electron chi connectivity index (χ0n) is 8.94. The normalized spacial score (nSPS) is 10.0. The molecule has 4 heteroatoms. The molecule has 0 unspecified atom stereocenters. The Hall–Kier alpha value is -1.03. The van der Waals surface area contributed by atoms with Crippen molar-refractivity contribution >= 4 is 9.84 Å². The fourth-order valence-corrected chi connectivity index (χ4v) is 1.77. The minimum absolute atomic E-state index is 0.229. The van der Waals surface area contributed by atoms with E-state index in [1.165, 1.54) is 13.2 Å². The molecular weight excluding hydrogens is 200 g/mol. The molecule has 3 nitrogen and oxygen atoms in total. The van der Waals surface area contributed by atoms with Crippen molar-refractivity contribution in [3.8, 4) is 5.75 Å². The Morgan fingerprint density at radius 3 is 2.00 bits per heavy atom. The molecule has 0 aliphatic carbocycles. The van der Waals surface area contributed by atoms with Gasteiger partial charge in [0, 0.05) is 6.26 Å². The number of hydrogen-bond acceptors (Lipinski definition) is 3. The molecule has 0 aliphatic rings. The quantitative estimate of drug-likeness (QED) is 0.760. The molecule has 0 saturated heterocycles. The fraction of sp³-hybridized carbons (Fsp3) is 0.400. The molecule has 0 aromatic heterocycles. The van der Waals surface area contributed by atoms with Gasteiger partial charge in [-0.15, -0.1) is 0 Å². The summed E-state index contributed by atoms with van der Waals surface area (Å²) < 4.78 is 27.2. The molecule has 80 valence electrons. The Balaban J connectivity index is 0.000000791. The lowest BCUT2D eigenvalue weighted by Crippen LogP contribution is -1.99. The molecule has 1 aromatic carbocycles. The molecule has 0 radical (unpaired) electrons. The Morgan fingerprint density at radius 1 is 1.14 bits per heavy atom. The lowest BCUT2D eigenvalue weighted by Gasteiger charge is -2.04. The summed E-state index contributed by atoms with van der Waals surface area (Å²) in [6.07, 6.45) is 1.16. The van der Waals surface area contributed by atoms with Crippen molar-refractivity contribution in [1.82, 2.24) is 0 Å². The molecule has 0 amide bonds. The maximum atomic E-state index is 11.1. The van der Waals surface area contributed by atoms with Crippen LogP contribution in [0.2, 0.25) is 0 Å². The topological polar surface area (TPSA) is 43.4 Å². The number of sulfone groups is 1. The number of rotatable bonds is 2. The third-order valence-electron chi connectivity index (χ3n) is 1.47. The van der Waals surface area contributed by atoms with Crippen molar-refractivity contribution in [3.05, 3.63) is 24.3 Å². The molecule has 0 aliphatic heterocycles. The smallest absolute Gasteiger partial charge is 0.179 e. The molecule has 0 fully saturated rings. The van der Waals surface area contributed by atoms with E-state index >= 15 is 0 Å². The van der Waals surface area contributed by atoms with Crippen molar-refractivity contribution in [2.24, 2.45) is 0 Å². The van der Waals surface area contributed by atoms with Crippen LogP contribution in [0.15, 0.2) is 29.2 Å². The summed E-state index contributed by atoms with van der Waals surface area (Å²) in [6.45, 7) is 4.00. The van der Waals surface area contributed by atoms with E-state index in [-0.39, 0.29) is 4.90 Å². The van der Waals surface area contributed by atoms with Crippen LogP contribution in [0.1, 0.15) is 13.8 Å². The van der Waals surface area contributed by atoms with Gasteiger partial charge in [0.1, 0.15) is 10.6 Å². The molecule has 0 saturated carbocycles. The molecule has 0 N–H and O–H groups in total. The Labute approximate surface area is 85.6 Å². The molecule has 1 rings (SSSR count). The highest BCUT2D eigenvalue weighted by molar-refractivity contribution is 7.90. The second-order valence-corrected chi connectivity index (χ2v) is 4.41. The highest BCUT2D eigenvalue weighted by Gasteiger charge is 2.11. The van der Waals surface area contributed by atoms with Crippen molar-refractivity contribution in [2.45, 2.75) is 18.7 Å². The Morgan fingerprint density at radius 2 is 1.64 bits per heavy atom. The third kappa shape index (κ3) is 3.38. The standard InChI is InChI=1S/C8H10O3S.C2H6/c1-11-7-5-3-4-6-8(7)12(2,9)10;1-2/h3-6H,1-2H3;1-2H3. The molecule has 0 atom stereocenters. The summed E-state index contributed by atoms with van der Waals surface area (Å²) in [5.74, 6) is 0.389. The van der Waals surface area contributed by atoms with Gasteiger partial charge in [0.25, 0.3) is 0 Å². The van der Waals surface area contributed by atoms with Crippen molar-refractivity contribution in [1.29, 1.82) is 0 Å². The summed E-state index contributed by atoms with van der Waals surface area (Å²) in [5.41, 5.74) is 0. The van der Waals surface area contributed by atoms with Crippen LogP contribution in [0, 0.1) is 0 Å². The van der Waals surface area contributed by atoms with E-state index in [1.54, 1.807) is 18.2 Å². The lowest BCUT2D eigenvalue weighted by atomic mass is 10.3. The second-order valence-electron chi connectivity index (χ2n) is 2.42. The lowest BCUT2D eigenvalue weighted by molar-refractivity contribution is 0.403. The van der Waals surface area contributed by atoms with E-state index in [1.807, 2.05) is 13.8 Å². The first kappa shape index (κ1) is 13.0. The van der Waals surface area contributed by atoms with Crippen LogP contribution in [0.3, 0.4) is 0 Å². The van der Waals surface area contributed by atoms with Crippen molar-refractivity contribution in [3.63, 3.8) is 0 Å². The molecule has 0 bridgehead atoms. The van der Waals surface area contributed by atoms with Gasteiger partial charge in [-0.25, -0.2) is 8.42 Å². The highest BCUT2D eigenvalue weighted by atomic mass is 32.2. The Bertz CT molecular complexity index is 369. The first-order chi connectivity index (χ1) is 6.55. The van der Waals surface area contributed by atoms with Gasteiger partial charge in [-0.2, -0.15) is 0 Å². The van der Waals surface area contributed by atoms with E-state index in [4.69, 9.17) is 4.74 Å². The predicted molar refractivity (Wildman–Crippen MR) is 57.5 cm³/mol. The second kappa shape index (κ2) is 5.65. The first-order valence-corrected chi connectivity index (χ1v) is 6.28. The maximum absolute atomic E-state index is 11.1. The maximum Gasteiger partial charge on any atom is 0.179 e. The Kier molecular flexibility index (Phi) is 5.23. The predicted octanol–water partition coefficient (Wildman–Crippen LogP) is 2.12. The minimum atomic E-state index is -3.17. The first-order valence-electron chi connectivity index (χ1n) is 4.39. The van der Waals surface area contributed by atoms with Crippen LogP contribution in [-0.4, -0.2) is 21.8 Å². The molecular formula is C10H16O3S. The van der Waals surface area contributed by atoms with Gasteiger partial charge >= 0.3 is 0 Å². The largest absolute Gasteiger partial charge is 0.495 e. The monoisotopic (exact) mass is 216 g/mol. The fourth-order valence-electron chi connectivity index (χ4n) is 0.925. The van der Waals surface area contributed by atoms with Gasteiger partial charge in [0.05, 0.1) is 7.11 Å². The van der Waals surface area contributed by atoms with Gasteiger partial charge in [0.15, 0.2) is 9.84 Å². The van der Waals surface area contributed by atoms with Crippen LogP contribution in [0.4, 0.5) is 0 Å². The summed E-state index contributed by atoms with van der Waals surface area (Å²) in [4.78, 5) is 0.229. The number of ether oxygens (including phenoxy) is 1. The van der Waals surface area contributed by atoms with Crippen LogP contribution >= 0.6 is 0 Å². The number of methoxy groups -OCH3 is 1. The third-order valence-corrected chi connectivity index (χ3v) is 2.60. The summed E-state index contributed by atoms with van der Waals surface area (Å²) in [6, 6.07) is 6.54. The van der Waals surface area contributed by atoms with Crippen LogP contribution < -0.4 is 4.74 Å². The van der Waals surface area contributed by atoms with Gasteiger partial charge in [-0.05, 0) is 12.1 Å². The zero-order chi connectivity index (χ0) is 11.2. The summed E-state index contributed by atoms with van der Waals surface area (Å²) >= 11 is 0. The van der Waals surface area contributed by atoms with Gasteiger partial charge < -0.3 is 4.74 Å². The SMILES string of the molecule is CC.COc1ccccc1S(C)(=O)=O. The number of hydrogen-bond donors (Lipinski definition) is 0. The van der Waals surface area contributed by atoms with Crippen LogP contribution in [-0.2, 0) is 9.84 Å². The van der Waals surface area contributed by atoms with E-state index in [0.29, 0.717) is 5.75 Å². The number of benzene rings is 1. The van der Waals surface area contributed by atoms with Crippen molar-refractivity contribution in [2.75, 3.05) is 13.4 Å². The minimum Gasteiger partial charge on any atom is -0.495 e. The van der Waals surface area contributed by atoms with E-state index in [9.17, 15) is 8.42 Å². The molecule has 0 heterocycles. The van der Waals surface area contributed by atoms with Crippen molar-refractivity contribution < 1.29 is 13.2 Å². The van der Waals surface area contributed by atoms with E-state index < -0.39 is 9.84 Å². The van der Waals surface area contributed by atoms with Gasteiger partial charge in [-0.1, -0.05) is 26.0 Å². The molecule has 0 spiro atoms. The zero-order valence-corrected chi connectivity index (χ0v) is 9.76. The average Bonchev–Trinajstić information content (AvgIpc) is 2.19. The van der Waals surface area contributed by atoms with E-state index in [2.05, 4.69) is 0 Å². The van der Waals surface area contributed by atoms with Gasteiger partial charge in [0.2, 0.25) is 0 Å². The average molecular weight is 216 g/mol. The molecule has 1 aromatic rings. The summed E-state index contributed by atoms with van der Waals surface area (Å²) in [5, 5.41) is 0. The van der Waals surface area contributed by atoms with E-state index in [0.717, 1.165) is 6.26 Å². The number of para-hydroxylation sites is 1. The van der Waals surface area contributed by atoms with Crippen LogP contribution in [0.25, 0.3) is 0 Å². The van der Waals surface area contributed by atoms with Crippen LogP contribution in [0.5, 0.6) is 5.75 Å². The summed E-state index contributed by atoms with van der Waals surface area (Å²) in [7, 11) is -1.72.